The van der Waals surface area contributed by atoms with Gasteiger partial charge in [0.15, 0.2) is 11.5 Å². The first-order valence-electron chi connectivity index (χ1n) is 9.86. The molecule has 156 valence electrons. The molecule has 1 fully saturated rings. The van der Waals surface area contributed by atoms with Crippen LogP contribution in [-0.2, 0) is 4.79 Å². The van der Waals surface area contributed by atoms with Crippen molar-refractivity contribution in [3.05, 3.63) is 53.3 Å². The number of piperidine rings is 1. The number of anilines is 1. The van der Waals surface area contributed by atoms with Crippen LogP contribution in [0.1, 0.15) is 26.7 Å². The number of ether oxygens (including phenoxy) is 2. The fourth-order valence-corrected chi connectivity index (χ4v) is 3.54. The topological polar surface area (TPSA) is 50.8 Å². The molecule has 29 heavy (non-hydrogen) atoms. The van der Waals surface area contributed by atoms with E-state index in [4.69, 9.17) is 21.1 Å². The Labute approximate surface area is 175 Å². The fourth-order valence-electron chi connectivity index (χ4n) is 3.38. The van der Waals surface area contributed by atoms with E-state index >= 15 is 0 Å². The molecule has 5 nitrogen and oxygen atoms in total. The standard InChI is InChI=1S/C22H26ClFN2O3/c1-3-28-20-6-4-5-7-21(20)29-17-10-12-26(13-11-17)15(2)22(27)25-19-9-8-16(23)14-18(19)24/h4-9,14-15,17H,3,10-13H2,1-2H3,(H,25,27). The van der Waals surface area contributed by atoms with Crippen LogP contribution in [0.15, 0.2) is 42.5 Å². The number of nitrogens with zero attached hydrogens (tertiary/aromatic N) is 1. The monoisotopic (exact) mass is 420 g/mol. The van der Waals surface area contributed by atoms with E-state index in [1.165, 1.54) is 12.1 Å². The predicted molar refractivity (Wildman–Crippen MR) is 112 cm³/mol. The van der Waals surface area contributed by atoms with Gasteiger partial charge in [0.2, 0.25) is 5.91 Å². The van der Waals surface area contributed by atoms with E-state index in [0.717, 1.165) is 37.4 Å². The summed E-state index contributed by atoms with van der Waals surface area (Å²) in [5.41, 5.74) is 0.136. The van der Waals surface area contributed by atoms with Crippen LogP contribution in [0.3, 0.4) is 0 Å². The molecular weight excluding hydrogens is 395 g/mol. The van der Waals surface area contributed by atoms with Gasteiger partial charge in [0.1, 0.15) is 11.9 Å². The second-order valence-electron chi connectivity index (χ2n) is 7.02. The Morgan fingerprint density at radius 3 is 2.59 bits per heavy atom. The summed E-state index contributed by atoms with van der Waals surface area (Å²) in [7, 11) is 0. The van der Waals surface area contributed by atoms with E-state index in [1.54, 1.807) is 6.07 Å². The van der Waals surface area contributed by atoms with Gasteiger partial charge in [-0.15, -0.1) is 0 Å². The highest BCUT2D eigenvalue weighted by Gasteiger charge is 2.28. The summed E-state index contributed by atoms with van der Waals surface area (Å²) in [5.74, 6) is 0.706. The van der Waals surface area contributed by atoms with Gasteiger partial charge in [0, 0.05) is 18.1 Å². The van der Waals surface area contributed by atoms with Crippen LogP contribution in [0.4, 0.5) is 10.1 Å². The lowest BCUT2D eigenvalue weighted by atomic mass is 10.1. The SMILES string of the molecule is CCOc1ccccc1OC1CCN(C(C)C(=O)Nc2ccc(Cl)cc2F)CC1. The first-order chi connectivity index (χ1) is 14.0. The molecule has 1 amide bonds. The van der Waals surface area contributed by atoms with E-state index < -0.39 is 5.82 Å². The van der Waals surface area contributed by atoms with Crippen LogP contribution in [0, 0.1) is 5.82 Å². The molecule has 2 aromatic carbocycles. The number of hydrogen-bond acceptors (Lipinski definition) is 4. The number of amides is 1. The molecule has 1 aliphatic rings. The molecule has 0 bridgehead atoms. The van der Waals surface area contributed by atoms with Gasteiger partial charge in [-0.2, -0.15) is 0 Å². The maximum absolute atomic E-state index is 13.9. The fraction of sp³-hybridized carbons (Fsp3) is 0.409. The van der Waals surface area contributed by atoms with Gasteiger partial charge in [-0.25, -0.2) is 4.39 Å². The number of halogens is 2. The van der Waals surface area contributed by atoms with Crippen molar-refractivity contribution >= 4 is 23.2 Å². The second-order valence-corrected chi connectivity index (χ2v) is 7.46. The molecule has 3 rings (SSSR count). The van der Waals surface area contributed by atoms with Crippen molar-refractivity contribution in [1.82, 2.24) is 4.90 Å². The number of likely N-dealkylation sites (tertiary alicyclic amines) is 1. The molecular formula is C22H26ClFN2O3. The maximum Gasteiger partial charge on any atom is 0.241 e. The highest BCUT2D eigenvalue weighted by molar-refractivity contribution is 6.30. The molecule has 0 aliphatic carbocycles. The summed E-state index contributed by atoms with van der Waals surface area (Å²) in [6.07, 6.45) is 1.66. The highest BCUT2D eigenvalue weighted by atomic mass is 35.5. The largest absolute Gasteiger partial charge is 0.490 e. The van der Waals surface area contributed by atoms with Crippen LogP contribution in [0.2, 0.25) is 5.02 Å². The molecule has 7 heteroatoms. The summed E-state index contributed by atoms with van der Waals surface area (Å²) in [6.45, 7) is 5.80. The van der Waals surface area contributed by atoms with Crippen molar-refractivity contribution in [2.24, 2.45) is 0 Å². The summed E-state index contributed by atoms with van der Waals surface area (Å²) >= 11 is 5.76. The maximum atomic E-state index is 13.9. The van der Waals surface area contributed by atoms with Gasteiger partial charge in [-0.1, -0.05) is 23.7 Å². The van der Waals surface area contributed by atoms with Crippen LogP contribution >= 0.6 is 11.6 Å². The Morgan fingerprint density at radius 1 is 1.24 bits per heavy atom. The quantitative estimate of drug-likeness (QED) is 0.702. The summed E-state index contributed by atoms with van der Waals surface area (Å²) in [6, 6.07) is 11.5. The van der Waals surface area contributed by atoms with E-state index in [0.29, 0.717) is 11.6 Å². The zero-order chi connectivity index (χ0) is 20.8. The van der Waals surface area contributed by atoms with Gasteiger partial charge in [0.05, 0.1) is 18.3 Å². The van der Waals surface area contributed by atoms with Gasteiger partial charge >= 0.3 is 0 Å². The number of rotatable bonds is 7. The van der Waals surface area contributed by atoms with Gasteiger partial charge in [-0.05, 0) is 57.0 Å². The van der Waals surface area contributed by atoms with Crippen molar-refractivity contribution in [2.75, 3.05) is 25.0 Å². The Hall–Kier alpha value is -2.31. The summed E-state index contributed by atoms with van der Waals surface area (Å²) in [5, 5.41) is 2.94. The highest BCUT2D eigenvalue weighted by Crippen LogP contribution is 2.29. The number of carbonyl (C=O) groups excluding carboxylic acids is 1. The molecule has 1 aliphatic heterocycles. The zero-order valence-electron chi connectivity index (χ0n) is 16.7. The minimum absolute atomic E-state index is 0.0665. The number of hydrogen-bond donors (Lipinski definition) is 1. The molecule has 1 unspecified atom stereocenters. The zero-order valence-corrected chi connectivity index (χ0v) is 17.4. The normalized spacial score (nSPS) is 16.3. The second kappa shape index (κ2) is 9.94. The summed E-state index contributed by atoms with van der Waals surface area (Å²) in [4.78, 5) is 14.6. The van der Waals surface area contributed by atoms with E-state index in [1.807, 2.05) is 38.1 Å². The third-order valence-electron chi connectivity index (χ3n) is 5.04. The van der Waals surface area contributed by atoms with Gasteiger partial charge in [-0.3, -0.25) is 9.69 Å². The first kappa shape index (κ1) is 21.4. The van der Waals surface area contributed by atoms with Crippen molar-refractivity contribution in [3.63, 3.8) is 0 Å². The van der Waals surface area contributed by atoms with Gasteiger partial charge < -0.3 is 14.8 Å². The lowest BCUT2D eigenvalue weighted by Crippen LogP contribution is -2.47. The van der Waals surface area contributed by atoms with Crippen molar-refractivity contribution in [1.29, 1.82) is 0 Å². The number of carbonyl (C=O) groups is 1. The molecule has 0 radical (unpaired) electrons. The van der Waals surface area contributed by atoms with E-state index in [9.17, 15) is 9.18 Å². The van der Waals surface area contributed by atoms with Crippen LogP contribution in [0.5, 0.6) is 11.5 Å². The van der Waals surface area contributed by atoms with Crippen molar-refractivity contribution < 1.29 is 18.7 Å². The minimum atomic E-state index is -0.543. The lowest BCUT2D eigenvalue weighted by molar-refractivity contribution is -0.121. The van der Waals surface area contributed by atoms with Crippen molar-refractivity contribution in [2.45, 2.75) is 38.8 Å². The van der Waals surface area contributed by atoms with Crippen molar-refractivity contribution in [3.8, 4) is 11.5 Å². The number of para-hydroxylation sites is 2. The molecule has 2 aromatic rings. The third-order valence-corrected chi connectivity index (χ3v) is 5.27. The van der Waals surface area contributed by atoms with Crippen LogP contribution < -0.4 is 14.8 Å². The average Bonchev–Trinajstić information content (AvgIpc) is 2.72. The average molecular weight is 421 g/mol. The minimum Gasteiger partial charge on any atom is -0.490 e. The predicted octanol–water partition coefficient (Wildman–Crippen LogP) is 4.75. The Bertz CT molecular complexity index is 841. The Kier molecular flexibility index (Phi) is 7.34. The molecule has 0 aromatic heterocycles. The number of nitrogens with one attached hydrogen (secondary N) is 1. The molecule has 1 heterocycles. The number of benzene rings is 2. The Balaban J connectivity index is 1.52. The van der Waals surface area contributed by atoms with Gasteiger partial charge in [0.25, 0.3) is 0 Å². The smallest absolute Gasteiger partial charge is 0.241 e. The molecule has 0 spiro atoms. The van der Waals surface area contributed by atoms with Crippen LogP contribution in [-0.4, -0.2) is 42.6 Å². The van der Waals surface area contributed by atoms with Crippen LogP contribution in [0.25, 0.3) is 0 Å². The molecule has 1 saturated heterocycles. The third kappa shape index (κ3) is 5.61. The molecule has 1 atom stereocenters. The van der Waals surface area contributed by atoms with E-state index in [-0.39, 0.29) is 23.7 Å². The van der Waals surface area contributed by atoms with E-state index in [2.05, 4.69) is 10.2 Å². The molecule has 0 saturated carbocycles. The Morgan fingerprint density at radius 2 is 1.93 bits per heavy atom. The first-order valence-corrected chi connectivity index (χ1v) is 10.2. The lowest BCUT2D eigenvalue weighted by Gasteiger charge is -2.35. The molecule has 1 N–H and O–H groups in total. The summed E-state index contributed by atoms with van der Waals surface area (Å²) < 4.78 is 25.7.